The van der Waals surface area contributed by atoms with Crippen molar-refractivity contribution in [2.75, 3.05) is 13.1 Å². The van der Waals surface area contributed by atoms with Crippen molar-refractivity contribution < 1.29 is 4.79 Å². The van der Waals surface area contributed by atoms with Gasteiger partial charge in [-0.05, 0) is 30.5 Å². The van der Waals surface area contributed by atoms with Crippen molar-refractivity contribution in [1.29, 1.82) is 0 Å². The number of piperidine rings is 1. The lowest BCUT2D eigenvalue weighted by Crippen LogP contribution is -2.42. The van der Waals surface area contributed by atoms with Gasteiger partial charge < -0.3 is 10.6 Å². The highest BCUT2D eigenvalue weighted by molar-refractivity contribution is 5.85. The van der Waals surface area contributed by atoms with Crippen LogP contribution in [0.1, 0.15) is 30.0 Å². The molecule has 3 nitrogen and oxygen atoms in total. The third-order valence-electron chi connectivity index (χ3n) is 4.22. The first-order valence-electron chi connectivity index (χ1n) is 7.95. The van der Waals surface area contributed by atoms with Gasteiger partial charge >= 0.3 is 0 Å². The molecule has 1 aliphatic heterocycles. The maximum atomic E-state index is 12.6. The van der Waals surface area contributed by atoms with Gasteiger partial charge in [-0.3, -0.25) is 4.79 Å². The minimum atomic E-state index is -0.0863. The molecule has 0 bridgehead atoms. The molecule has 2 aromatic carbocycles. The number of hydrogen-bond donors (Lipinski definition) is 2. The largest absolute Gasteiger partial charge is 0.345 e. The van der Waals surface area contributed by atoms with E-state index in [-0.39, 0.29) is 30.3 Å². The van der Waals surface area contributed by atoms with Gasteiger partial charge in [0.2, 0.25) is 5.91 Å². The number of halogens is 1. The van der Waals surface area contributed by atoms with E-state index in [0.29, 0.717) is 0 Å². The molecule has 1 amide bonds. The summed E-state index contributed by atoms with van der Waals surface area (Å²) in [5, 5.41) is 6.55. The number of carbonyl (C=O) groups is 1. The van der Waals surface area contributed by atoms with Crippen molar-refractivity contribution in [3.8, 4) is 0 Å². The summed E-state index contributed by atoms with van der Waals surface area (Å²) in [5.74, 6) is 0.216. The predicted molar refractivity (Wildman–Crippen MR) is 95.7 cm³/mol. The molecule has 1 fully saturated rings. The molecule has 0 saturated carbocycles. The van der Waals surface area contributed by atoms with Crippen molar-refractivity contribution >= 4 is 18.3 Å². The standard InChI is InChI=1S/C19H22N2O.ClH/c22-19(17-12-7-13-20-14-17)21-18(15-8-3-1-4-9-15)16-10-5-2-6-11-16;/h1-6,8-11,17-18,20H,7,12-14H2,(H,21,22);1H. The molecule has 4 heteroatoms. The second-order valence-electron chi connectivity index (χ2n) is 5.81. The molecule has 3 rings (SSSR count). The molecule has 2 N–H and O–H groups in total. The normalized spacial score (nSPS) is 17.3. The molecule has 0 aromatic heterocycles. The van der Waals surface area contributed by atoms with Gasteiger partial charge in [0.1, 0.15) is 0 Å². The summed E-state index contributed by atoms with van der Waals surface area (Å²) in [5.41, 5.74) is 2.23. The van der Waals surface area contributed by atoms with Crippen LogP contribution in [0, 0.1) is 5.92 Å². The van der Waals surface area contributed by atoms with Gasteiger partial charge in [0.15, 0.2) is 0 Å². The van der Waals surface area contributed by atoms with E-state index >= 15 is 0 Å². The molecule has 23 heavy (non-hydrogen) atoms. The van der Waals surface area contributed by atoms with Crippen molar-refractivity contribution in [3.05, 3.63) is 71.8 Å². The van der Waals surface area contributed by atoms with E-state index in [0.717, 1.165) is 37.1 Å². The summed E-state index contributed by atoms with van der Waals surface area (Å²) in [7, 11) is 0. The predicted octanol–water partition coefficient (Wildman–Crippen LogP) is 3.31. The van der Waals surface area contributed by atoms with E-state index in [1.807, 2.05) is 36.4 Å². The average Bonchev–Trinajstić information content (AvgIpc) is 2.62. The van der Waals surface area contributed by atoms with E-state index in [1.165, 1.54) is 0 Å². The second kappa shape index (κ2) is 8.70. The molecule has 122 valence electrons. The van der Waals surface area contributed by atoms with E-state index in [4.69, 9.17) is 0 Å². The zero-order chi connectivity index (χ0) is 15.2. The van der Waals surface area contributed by atoms with Gasteiger partial charge in [0.05, 0.1) is 12.0 Å². The molecule has 1 heterocycles. The van der Waals surface area contributed by atoms with Gasteiger partial charge in [-0.15, -0.1) is 12.4 Å². The lowest BCUT2D eigenvalue weighted by molar-refractivity contribution is -0.126. The van der Waals surface area contributed by atoms with Crippen LogP contribution in [0.25, 0.3) is 0 Å². The number of rotatable bonds is 4. The Morgan fingerprint density at radius 3 is 2.04 bits per heavy atom. The Morgan fingerprint density at radius 1 is 1.00 bits per heavy atom. The quantitative estimate of drug-likeness (QED) is 0.903. The highest BCUT2D eigenvalue weighted by Gasteiger charge is 2.24. The summed E-state index contributed by atoms with van der Waals surface area (Å²) >= 11 is 0. The third kappa shape index (κ3) is 4.57. The van der Waals surface area contributed by atoms with E-state index in [9.17, 15) is 4.79 Å². The fourth-order valence-corrected chi connectivity index (χ4v) is 2.99. The smallest absolute Gasteiger partial charge is 0.225 e. The molecule has 0 spiro atoms. The average molecular weight is 331 g/mol. The highest BCUT2D eigenvalue weighted by atomic mass is 35.5. The van der Waals surface area contributed by atoms with Crippen LogP contribution in [0.15, 0.2) is 60.7 Å². The van der Waals surface area contributed by atoms with Crippen LogP contribution < -0.4 is 10.6 Å². The van der Waals surface area contributed by atoms with Gasteiger partial charge in [-0.2, -0.15) is 0 Å². The number of benzene rings is 2. The summed E-state index contributed by atoms with van der Waals surface area (Å²) in [6, 6.07) is 20.2. The molecule has 2 aromatic rings. The fraction of sp³-hybridized carbons (Fsp3) is 0.316. The molecule has 0 aliphatic carbocycles. The Balaban J connectivity index is 0.00000192. The van der Waals surface area contributed by atoms with Crippen LogP contribution in [0.5, 0.6) is 0 Å². The van der Waals surface area contributed by atoms with Gasteiger partial charge in [0, 0.05) is 6.54 Å². The van der Waals surface area contributed by atoms with Crippen molar-refractivity contribution in [1.82, 2.24) is 10.6 Å². The second-order valence-corrected chi connectivity index (χ2v) is 5.81. The highest BCUT2D eigenvalue weighted by Crippen LogP contribution is 2.23. The maximum absolute atomic E-state index is 12.6. The Hall–Kier alpha value is -1.84. The fourth-order valence-electron chi connectivity index (χ4n) is 2.99. The molecule has 1 aliphatic rings. The van der Waals surface area contributed by atoms with Crippen LogP contribution in [0.4, 0.5) is 0 Å². The Bertz CT molecular complexity index is 558. The number of carbonyl (C=O) groups excluding carboxylic acids is 1. The van der Waals surface area contributed by atoms with Crippen LogP contribution in [0.3, 0.4) is 0 Å². The first-order valence-corrected chi connectivity index (χ1v) is 7.95. The van der Waals surface area contributed by atoms with Crippen LogP contribution in [0.2, 0.25) is 0 Å². The van der Waals surface area contributed by atoms with Gasteiger partial charge in [-0.25, -0.2) is 0 Å². The topological polar surface area (TPSA) is 41.1 Å². The molecular weight excluding hydrogens is 308 g/mol. The Labute approximate surface area is 143 Å². The summed E-state index contributed by atoms with van der Waals surface area (Å²) in [4.78, 5) is 12.6. The first-order chi connectivity index (χ1) is 10.8. The van der Waals surface area contributed by atoms with E-state index in [2.05, 4.69) is 34.9 Å². The van der Waals surface area contributed by atoms with Gasteiger partial charge in [-0.1, -0.05) is 60.7 Å². The Morgan fingerprint density at radius 2 is 1.57 bits per heavy atom. The third-order valence-corrected chi connectivity index (χ3v) is 4.22. The molecular formula is C19H23ClN2O. The number of nitrogens with one attached hydrogen (secondary N) is 2. The summed E-state index contributed by atoms with van der Waals surface area (Å²) in [6.07, 6.45) is 2.04. The monoisotopic (exact) mass is 330 g/mol. The Kier molecular flexibility index (Phi) is 6.63. The van der Waals surface area contributed by atoms with Crippen molar-refractivity contribution in [3.63, 3.8) is 0 Å². The van der Waals surface area contributed by atoms with E-state index in [1.54, 1.807) is 0 Å². The summed E-state index contributed by atoms with van der Waals surface area (Å²) < 4.78 is 0. The summed E-state index contributed by atoms with van der Waals surface area (Å²) in [6.45, 7) is 1.80. The SMILES string of the molecule is Cl.O=C(NC(c1ccccc1)c1ccccc1)C1CCCNC1. The van der Waals surface area contributed by atoms with Crippen LogP contribution in [-0.2, 0) is 4.79 Å². The molecule has 1 atom stereocenters. The lowest BCUT2D eigenvalue weighted by atomic mass is 9.95. The molecule has 1 saturated heterocycles. The lowest BCUT2D eigenvalue weighted by Gasteiger charge is -2.26. The first kappa shape index (κ1) is 17.5. The van der Waals surface area contributed by atoms with Crippen molar-refractivity contribution in [2.24, 2.45) is 5.92 Å². The van der Waals surface area contributed by atoms with E-state index < -0.39 is 0 Å². The van der Waals surface area contributed by atoms with Crippen LogP contribution >= 0.6 is 12.4 Å². The van der Waals surface area contributed by atoms with Crippen LogP contribution in [-0.4, -0.2) is 19.0 Å². The zero-order valence-electron chi connectivity index (χ0n) is 13.1. The number of hydrogen-bond acceptors (Lipinski definition) is 2. The van der Waals surface area contributed by atoms with Gasteiger partial charge in [0.25, 0.3) is 0 Å². The number of amides is 1. The maximum Gasteiger partial charge on any atom is 0.225 e. The minimum Gasteiger partial charge on any atom is -0.345 e. The zero-order valence-corrected chi connectivity index (χ0v) is 13.9. The molecule has 1 unspecified atom stereocenters. The minimum absolute atomic E-state index is 0. The molecule has 0 radical (unpaired) electrons. The van der Waals surface area contributed by atoms with Crippen molar-refractivity contribution in [2.45, 2.75) is 18.9 Å².